The van der Waals surface area contributed by atoms with Crippen LogP contribution in [0.1, 0.15) is 23.4 Å². The van der Waals surface area contributed by atoms with Crippen molar-refractivity contribution >= 4 is 17.5 Å². The van der Waals surface area contributed by atoms with Gasteiger partial charge in [0.1, 0.15) is 23.1 Å². The molecule has 6 heteroatoms. The molecule has 0 saturated carbocycles. The molecule has 3 aromatic rings. The third-order valence-corrected chi connectivity index (χ3v) is 5.37. The molecular formula is C22H22FNO3S. The zero-order valence-corrected chi connectivity index (χ0v) is 16.7. The molecule has 3 rings (SSSR count). The van der Waals surface area contributed by atoms with Crippen molar-refractivity contribution < 1.29 is 18.3 Å². The van der Waals surface area contributed by atoms with Crippen LogP contribution in [0.2, 0.25) is 0 Å². The number of aromatic nitrogens is 1. The summed E-state index contributed by atoms with van der Waals surface area (Å²) in [5.41, 5.74) is 2.11. The van der Waals surface area contributed by atoms with E-state index >= 15 is 0 Å². The van der Waals surface area contributed by atoms with Gasteiger partial charge in [-0.1, -0.05) is 30.3 Å². The maximum atomic E-state index is 13.9. The van der Waals surface area contributed by atoms with Crippen molar-refractivity contribution in [3.63, 3.8) is 0 Å². The van der Waals surface area contributed by atoms with Gasteiger partial charge >= 0.3 is 0 Å². The van der Waals surface area contributed by atoms with E-state index in [-0.39, 0.29) is 17.5 Å². The fraction of sp³-hybridized carbons (Fsp3) is 0.273. The Labute approximate surface area is 168 Å². The van der Waals surface area contributed by atoms with Crippen molar-refractivity contribution in [3.05, 3.63) is 71.4 Å². The number of carbonyl (C=O) groups is 1. The Morgan fingerprint density at radius 3 is 2.71 bits per heavy atom. The molecule has 0 saturated heterocycles. The molecule has 0 N–H and O–H groups in total. The summed E-state index contributed by atoms with van der Waals surface area (Å²) in [7, 11) is 1.63. The molecule has 2 aromatic carbocycles. The summed E-state index contributed by atoms with van der Waals surface area (Å²) >= 11 is 1.49. The van der Waals surface area contributed by atoms with Gasteiger partial charge in [0.15, 0.2) is 0 Å². The topological polar surface area (TPSA) is 52.3 Å². The van der Waals surface area contributed by atoms with Crippen LogP contribution in [0.3, 0.4) is 0 Å². The quantitative estimate of drug-likeness (QED) is 0.493. The predicted octanol–water partition coefficient (Wildman–Crippen LogP) is 5.23. The summed E-state index contributed by atoms with van der Waals surface area (Å²) in [5.74, 6) is 2.48. The van der Waals surface area contributed by atoms with Gasteiger partial charge in [-0.05, 0) is 37.1 Å². The number of hydrogen-bond acceptors (Lipinski definition) is 5. The summed E-state index contributed by atoms with van der Waals surface area (Å²) in [4.78, 5) is 16.6. The van der Waals surface area contributed by atoms with Crippen LogP contribution in [0.4, 0.5) is 4.39 Å². The van der Waals surface area contributed by atoms with Crippen molar-refractivity contribution in [2.45, 2.75) is 25.5 Å². The van der Waals surface area contributed by atoms with Crippen LogP contribution in [0.15, 0.2) is 52.9 Å². The maximum absolute atomic E-state index is 13.9. The van der Waals surface area contributed by atoms with E-state index in [9.17, 15) is 9.18 Å². The molecule has 0 aliphatic heterocycles. The number of ether oxygens (including phenoxy) is 1. The third kappa shape index (κ3) is 5.01. The molecule has 146 valence electrons. The van der Waals surface area contributed by atoms with Crippen molar-refractivity contribution in [1.82, 2.24) is 4.98 Å². The number of thioether (sulfide) groups is 1. The fourth-order valence-electron chi connectivity index (χ4n) is 2.83. The Bertz CT molecular complexity index is 954. The van der Waals surface area contributed by atoms with Crippen LogP contribution in [-0.2, 0) is 17.0 Å². The summed E-state index contributed by atoms with van der Waals surface area (Å²) in [6, 6.07) is 14.1. The molecular weight excluding hydrogens is 377 g/mol. The number of aryl methyl sites for hydroxylation is 2. The normalized spacial score (nSPS) is 10.8. The van der Waals surface area contributed by atoms with Crippen LogP contribution in [-0.4, -0.2) is 23.6 Å². The molecule has 4 nitrogen and oxygen atoms in total. The average Bonchev–Trinajstić information content (AvgIpc) is 3.07. The lowest BCUT2D eigenvalue weighted by atomic mass is 10.1. The highest BCUT2D eigenvalue weighted by Gasteiger charge is 2.15. The molecule has 0 aliphatic carbocycles. The number of rotatable bonds is 9. The number of carbonyl (C=O) groups excluding carboxylic acids is 1. The summed E-state index contributed by atoms with van der Waals surface area (Å²) in [5, 5.41) is 0. The van der Waals surface area contributed by atoms with Gasteiger partial charge in [0, 0.05) is 12.2 Å². The highest BCUT2D eigenvalue weighted by atomic mass is 32.2. The van der Waals surface area contributed by atoms with Crippen LogP contribution in [0.5, 0.6) is 5.75 Å². The molecule has 0 atom stereocenters. The molecule has 0 amide bonds. The Morgan fingerprint density at radius 2 is 1.93 bits per heavy atom. The predicted molar refractivity (Wildman–Crippen MR) is 109 cm³/mol. The van der Waals surface area contributed by atoms with Gasteiger partial charge < -0.3 is 9.15 Å². The highest BCUT2D eigenvalue weighted by molar-refractivity contribution is 7.99. The van der Waals surface area contributed by atoms with E-state index in [2.05, 4.69) is 4.98 Å². The van der Waals surface area contributed by atoms with Gasteiger partial charge in [0.05, 0.1) is 24.1 Å². The summed E-state index contributed by atoms with van der Waals surface area (Å²) in [6.07, 6.45) is 1.12. The van der Waals surface area contributed by atoms with Crippen LogP contribution < -0.4 is 4.74 Å². The number of nitrogens with zero attached hydrogens (tertiary/aromatic N) is 1. The van der Waals surface area contributed by atoms with Crippen molar-refractivity contribution in [2.24, 2.45) is 0 Å². The maximum Gasteiger partial charge on any atom is 0.229 e. The van der Waals surface area contributed by atoms with Crippen molar-refractivity contribution in [3.8, 4) is 17.2 Å². The van der Waals surface area contributed by atoms with E-state index in [1.54, 1.807) is 32.2 Å². The van der Waals surface area contributed by atoms with Gasteiger partial charge in [-0.2, -0.15) is 0 Å². The van der Waals surface area contributed by atoms with Crippen LogP contribution in [0.25, 0.3) is 11.5 Å². The largest absolute Gasteiger partial charge is 0.496 e. The van der Waals surface area contributed by atoms with E-state index in [0.29, 0.717) is 35.7 Å². The molecule has 0 radical (unpaired) electrons. The van der Waals surface area contributed by atoms with E-state index in [1.807, 2.05) is 24.3 Å². The van der Waals surface area contributed by atoms with Gasteiger partial charge in [0.25, 0.3) is 0 Å². The second-order valence-electron chi connectivity index (χ2n) is 6.35. The Kier molecular flexibility index (Phi) is 6.87. The first-order valence-electron chi connectivity index (χ1n) is 9.01. The number of halogens is 1. The Balaban J connectivity index is 1.51. The monoisotopic (exact) mass is 399 g/mol. The molecule has 1 heterocycles. The highest BCUT2D eigenvalue weighted by Crippen LogP contribution is 2.26. The van der Waals surface area contributed by atoms with E-state index in [0.717, 1.165) is 17.0 Å². The Hall–Kier alpha value is -2.60. The average molecular weight is 399 g/mol. The number of hydrogen-bond donors (Lipinski definition) is 0. The SMILES string of the molecule is COc1ccccc1CCC(=O)CSCc1nc(-c2ccccc2F)oc1C. The first-order valence-corrected chi connectivity index (χ1v) is 10.2. The second kappa shape index (κ2) is 9.55. The molecule has 0 spiro atoms. The summed E-state index contributed by atoms with van der Waals surface area (Å²) < 4.78 is 24.8. The number of benzene rings is 2. The first kappa shape index (κ1) is 20.1. The zero-order chi connectivity index (χ0) is 19.9. The molecule has 0 unspecified atom stereocenters. The van der Waals surface area contributed by atoms with E-state index in [1.165, 1.54) is 17.8 Å². The third-order valence-electron chi connectivity index (χ3n) is 4.36. The lowest BCUT2D eigenvalue weighted by Crippen LogP contribution is -2.04. The van der Waals surface area contributed by atoms with Crippen LogP contribution >= 0.6 is 11.8 Å². The lowest BCUT2D eigenvalue weighted by Gasteiger charge is -2.07. The van der Waals surface area contributed by atoms with Gasteiger partial charge in [-0.15, -0.1) is 11.8 Å². The number of oxazole rings is 1. The standard InChI is InChI=1S/C22H22FNO3S/c1-15-20(24-22(27-15)18-8-4-5-9-19(18)23)14-28-13-17(25)12-11-16-7-3-6-10-21(16)26-2/h3-10H,11-14H2,1-2H3. The van der Waals surface area contributed by atoms with Crippen molar-refractivity contribution in [1.29, 1.82) is 0 Å². The Morgan fingerprint density at radius 1 is 1.18 bits per heavy atom. The van der Waals surface area contributed by atoms with Crippen molar-refractivity contribution in [2.75, 3.05) is 12.9 Å². The minimum absolute atomic E-state index is 0.173. The van der Waals surface area contributed by atoms with Gasteiger partial charge in [-0.25, -0.2) is 9.37 Å². The smallest absolute Gasteiger partial charge is 0.229 e. The lowest BCUT2D eigenvalue weighted by molar-refractivity contribution is -0.116. The number of methoxy groups -OCH3 is 1. The summed E-state index contributed by atoms with van der Waals surface area (Å²) in [6.45, 7) is 1.80. The number of Topliss-reactive ketones (excluding diaryl/α,β-unsaturated/α-hetero) is 1. The van der Waals surface area contributed by atoms with Crippen LogP contribution in [0, 0.1) is 12.7 Å². The van der Waals surface area contributed by atoms with Gasteiger partial charge in [0.2, 0.25) is 5.89 Å². The molecule has 0 bridgehead atoms. The zero-order valence-electron chi connectivity index (χ0n) is 15.9. The fourth-order valence-corrected chi connectivity index (χ4v) is 3.76. The number of ketones is 1. The van der Waals surface area contributed by atoms with E-state index < -0.39 is 0 Å². The first-order chi connectivity index (χ1) is 13.6. The molecule has 0 aliphatic rings. The second-order valence-corrected chi connectivity index (χ2v) is 7.33. The van der Waals surface area contributed by atoms with Gasteiger partial charge in [-0.3, -0.25) is 4.79 Å². The molecule has 1 aromatic heterocycles. The molecule has 0 fully saturated rings. The number of para-hydroxylation sites is 1. The minimum atomic E-state index is -0.366. The van der Waals surface area contributed by atoms with E-state index in [4.69, 9.17) is 9.15 Å². The minimum Gasteiger partial charge on any atom is -0.496 e. The molecule has 28 heavy (non-hydrogen) atoms.